The largest absolute Gasteiger partial charge is 0.392 e. The number of hydrogen-bond donors (Lipinski definition) is 2. The van der Waals surface area contributed by atoms with Gasteiger partial charge in [0.05, 0.1) is 12.4 Å². The van der Waals surface area contributed by atoms with Gasteiger partial charge in [-0.1, -0.05) is 24.3 Å². The molecule has 0 aliphatic heterocycles. The monoisotopic (exact) mass is 289 g/mol. The van der Waals surface area contributed by atoms with Gasteiger partial charge in [0.1, 0.15) is 0 Å². The Hall–Kier alpha value is -0.560. The minimum absolute atomic E-state index is 0.0303. The first-order valence-corrected chi connectivity index (χ1v) is 8.69. The maximum Gasteiger partial charge on any atom is 0.216 e. The van der Waals surface area contributed by atoms with Crippen molar-refractivity contribution in [3.8, 4) is 0 Å². The Morgan fingerprint density at radius 1 is 1.28 bits per heavy atom. The summed E-state index contributed by atoms with van der Waals surface area (Å²) in [5.41, 5.74) is 1.50. The molecular formula is C12H19NO3S2. The third-order valence-electron chi connectivity index (χ3n) is 2.36. The smallest absolute Gasteiger partial charge is 0.216 e. The second kappa shape index (κ2) is 7.13. The van der Waals surface area contributed by atoms with Crippen molar-refractivity contribution < 1.29 is 13.5 Å². The molecule has 18 heavy (non-hydrogen) atoms. The van der Waals surface area contributed by atoms with Crippen LogP contribution in [0.25, 0.3) is 0 Å². The second-order valence-corrected chi connectivity index (χ2v) is 6.87. The molecule has 102 valence electrons. The van der Waals surface area contributed by atoms with Gasteiger partial charge in [0, 0.05) is 11.8 Å². The molecule has 1 aromatic rings. The normalized spacial score (nSPS) is 13.5. The average Bonchev–Trinajstić information content (AvgIpc) is 2.29. The van der Waals surface area contributed by atoms with Gasteiger partial charge in [0.15, 0.2) is 0 Å². The molecule has 0 spiro atoms. The summed E-state index contributed by atoms with van der Waals surface area (Å²) in [6, 6.07) is 6.85. The van der Waals surface area contributed by atoms with Crippen LogP contribution in [0, 0.1) is 0 Å². The van der Waals surface area contributed by atoms with Crippen molar-refractivity contribution in [3.63, 3.8) is 0 Å². The molecule has 0 radical (unpaired) electrons. The van der Waals surface area contributed by atoms with E-state index < -0.39 is 10.0 Å². The van der Waals surface area contributed by atoms with Gasteiger partial charge in [-0.2, -0.15) is 11.8 Å². The summed E-state index contributed by atoms with van der Waals surface area (Å²) in [6.07, 6.45) is 1.94. The highest BCUT2D eigenvalue weighted by molar-refractivity contribution is 7.98. The lowest BCUT2D eigenvalue weighted by Gasteiger charge is -2.13. The Bertz CT molecular complexity index is 457. The molecule has 0 amide bonds. The quantitative estimate of drug-likeness (QED) is 0.795. The number of benzene rings is 1. The first-order valence-electron chi connectivity index (χ1n) is 5.64. The van der Waals surface area contributed by atoms with Crippen molar-refractivity contribution in [2.45, 2.75) is 25.3 Å². The molecule has 6 heteroatoms. The Morgan fingerprint density at radius 3 is 2.33 bits per heavy atom. The van der Waals surface area contributed by atoms with Gasteiger partial charge in [-0.05, 0) is 24.3 Å². The van der Waals surface area contributed by atoms with E-state index in [4.69, 9.17) is 5.11 Å². The highest BCUT2D eigenvalue weighted by atomic mass is 32.2. The number of rotatable bonds is 7. The minimum atomic E-state index is -3.30. The third kappa shape index (κ3) is 5.39. The lowest BCUT2D eigenvalue weighted by atomic mass is 10.2. The predicted molar refractivity (Wildman–Crippen MR) is 76.0 cm³/mol. The van der Waals surface area contributed by atoms with Gasteiger partial charge >= 0.3 is 0 Å². The Balaban J connectivity index is 2.64. The first-order chi connectivity index (χ1) is 8.46. The fraction of sp³-hybridized carbons (Fsp3) is 0.500. The molecular weight excluding hydrogens is 270 g/mol. The van der Waals surface area contributed by atoms with Gasteiger partial charge in [-0.3, -0.25) is 0 Å². The zero-order valence-corrected chi connectivity index (χ0v) is 12.2. The van der Waals surface area contributed by atoms with Crippen LogP contribution >= 0.6 is 11.8 Å². The molecule has 0 aliphatic carbocycles. The van der Waals surface area contributed by atoms with Crippen LogP contribution in [0.2, 0.25) is 0 Å². The molecule has 0 aliphatic rings. The average molecular weight is 289 g/mol. The summed E-state index contributed by atoms with van der Waals surface area (Å²) in [7, 11) is -3.30. The molecule has 1 rings (SSSR count). The number of aliphatic hydroxyl groups excluding tert-OH is 1. The topological polar surface area (TPSA) is 66.4 Å². The standard InChI is InChI=1S/C12H19NO3S2/c1-10(8-17-2)13-18(15,16)9-12-5-3-11(7-14)4-6-12/h3-6,10,13-14H,7-9H2,1-2H3. The molecule has 1 unspecified atom stereocenters. The molecule has 2 N–H and O–H groups in total. The number of sulfonamides is 1. The number of nitrogens with one attached hydrogen (secondary N) is 1. The van der Waals surface area contributed by atoms with E-state index in [0.717, 1.165) is 16.9 Å². The van der Waals surface area contributed by atoms with Crippen molar-refractivity contribution >= 4 is 21.8 Å². The molecule has 0 saturated heterocycles. The van der Waals surface area contributed by atoms with Crippen LogP contribution in [-0.2, 0) is 22.4 Å². The minimum Gasteiger partial charge on any atom is -0.392 e. The van der Waals surface area contributed by atoms with Crippen molar-refractivity contribution in [1.82, 2.24) is 4.72 Å². The first kappa shape index (κ1) is 15.5. The van der Waals surface area contributed by atoms with E-state index in [0.29, 0.717) is 0 Å². The zero-order chi connectivity index (χ0) is 13.6. The predicted octanol–water partition coefficient (Wildman–Crippen LogP) is 1.35. The summed E-state index contributed by atoms with van der Waals surface area (Å²) >= 11 is 1.61. The molecule has 0 bridgehead atoms. The highest BCUT2D eigenvalue weighted by Gasteiger charge is 2.14. The number of hydrogen-bond acceptors (Lipinski definition) is 4. The van der Waals surface area contributed by atoms with E-state index in [1.165, 1.54) is 0 Å². The maximum absolute atomic E-state index is 11.9. The zero-order valence-electron chi connectivity index (χ0n) is 10.6. The number of aliphatic hydroxyl groups is 1. The van der Waals surface area contributed by atoms with Crippen molar-refractivity contribution in [1.29, 1.82) is 0 Å². The fourth-order valence-corrected chi connectivity index (χ4v) is 3.69. The van der Waals surface area contributed by atoms with Gasteiger partial charge in [-0.25, -0.2) is 13.1 Å². The van der Waals surface area contributed by atoms with Crippen LogP contribution in [0.5, 0.6) is 0 Å². The summed E-state index contributed by atoms with van der Waals surface area (Å²) in [4.78, 5) is 0. The van der Waals surface area contributed by atoms with E-state index in [1.807, 2.05) is 13.2 Å². The Kier molecular flexibility index (Phi) is 6.14. The van der Waals surface area contributed by atoms with Crippen molar-refractivity contribution in [3.05, 3.63) is 35.4 Å². The molecule has 0 heterocycles. The van der Waals surface area contributed by atoms with Crippen LogP contribution in [0.15, 0.2) is 24.3 Å². The van der Waals surface area contributed by atoms with Gasteiger partial charge in [-0.15, -0.1) is 0 Å². The molecule has 1 aromatic carbocycles. The van der Waals surface area contributed by atoms with E-state index in [1.54, 1.807) is 36.0 Å². The summed E-state index contributed by atoms with van der Waals surface area (Å²) in [5.74, 6) is 0.722. The van der Waals surface area contributed by atoms with E-state index in [2.05, 4.69) is 4.72 Å². The third-order valence-corrected chi connectivity index (χ3v) is 4.67. The SMILES string of the molecule is CSCC(C)NS(=O)(=O)Cc1ccc(CO)cc1. The summed E-state index contributed by atoms with van der Waals surface area (Å²) in [5, 5.41) is 8.91. The van der Waals surface area contributed by atoms with Gasteiger partial charge in [0.25, 0.3) is 0 Å². The van der Waals surface area contributed by atoms with Crippen LogP contribution < -0.4 is 4.72 Å². The highest BCUT2D eigenvalue weighted by Crippen LogP contribution is 2.09. The van der Waals surface area contributed by atoms with Crippen molar-refractivity contribution in [2.24, 2.45) is 0 Å². The summed E-state index contributed by atoms with van der Waals surface area (Å²) < 4.78 is 26.4. The molecule has 4 nitrogen and oxygen atoms in total. The lowest BCUT2D eigenvalue weighted by Crippen LogP contribution is -2.35. The van der Waals surface area contributed by atoms with Crippen LogP contribution in [0.4, 0.5) is 0 Å². The van der Waals surface area contributed by atoms with Crippen LogP contribution in [0.3, 0.4) is 0 Å². The maximum atomic E-state index is 11.9. The molecule has 1 atom stereocenters. The van der Waals surface area contributed by atoms with Crippen LogP contribution in [-0.4, -0.2) is 31.6 Å². The Morgan fingerprint density at radius 2 is 1.83 bits per heavy atom. The van der Waals surface area contributed by atoms with E-state index in [-0.39, 0.29) is 18.4 Å². The second-order valence-electron chi connectivity index (χ2n) is 4.21. The van der Waals surface area contributed by atoms with Gasteiger partial charge < -0.3 is 5.11 Å². The van der Waals surface area contributed by atoms with Crippen molar-refractivity contribution in [2.75, 3.05) is 12.0 Å². The van der Waals surface area contributed by atoms with E-state index >= 15 is 0 Å². The van der Waals surface area contributed by atoms with Crippen LogP contribution in [0.1, 0.15) is 18.1 Å². The summed E-state index contributed by atoms with van der Waals surface area (Å²) in [6.45, 7) is 1.82. The number of thioether (sulfide) groups is 1. The van der Waals surface area contributed by atoms with Gasteiger partial charge in [0.2, 0.25) is 10.0 Å². The Labute approximate surface area is 113 Å². The molecule has 0 saturated carbocycles. The fourth-order valence-electron chi connectivity index (χ4n) is 1.59. The molecule has 0 fully saturated rings. The lowest BCUT2D eigenvalue weighted by molar-refractivity contribution is 0.282. The van der Waals surface area contributed by atoms with E-state index in [9.17, 15) is 8.42 Å². The molecule has 0 aromatic heterocycles.